The lowest BCUT2D eigenvalue weighted by Crippen LogP contribution is -2.10. The minimum atomic E-state index is -2.48. The fourth-order valence-electron chi connectivity index (χ4n) is 1.08. The van der Waals surface area contributed by atoms with Crippen molar-refractivity contribution in [1.82, 2.24) is 0 Å². The third kappa shape index (κ3) is 4.00. The number of halogens is 3. The van der Waals surface area contributed by atoms with E-state index in [2.05, 4.69) is 0 Å². The fraction of sp³-hybridized carbons (Fsp3) is 0.300. The molecule has 1 aromatic carbocycles. The molecular formula is C10H10ClF2NOS. The van der Waals surface area contributed by atoms with E-state index in [0.717, 1.165) is 0 Å². The Bertz CT molecular complexity index is 387. The van der Waals surface area contributed by atoms with Gasteiger partial charge in [0.2, 0.25) is 0 Å². The van der Waals surface area contributed by atoms with E-state index < -0.39 is 13.0 Å². The van der Waals surface area contributed by atoms with Gasteiger partial charge in [0.1, 0.15) is 11.6 Å². The molecule has 1 rings (SSSR count). The van der Waals surface area contributed by atoms with Crippen molar-refractivity contribution >= 4 is 28.8 Å². The predicted molar refractivity (Wildman–Crippen MR) is 63.0 cm³/mol. The number of alkyl halides is 2. The highest BCUT2D eigenvalue weighted by Crippen LogP contribution is 2.19. The van der Waals surface area contributed by atoms with E-state index in [4.69, 9.17) is 34.3 Å². The summed E-state index contributed by atoms with van der Waals surface area (Å²) in [6.07, 6.45) is -2.48. The Hall–Kier alpha value is -0.780. The molecule has 0 amide bonds. The van der Waals surface area contributed by atoms with Crippen LogP contribution < -0.4 is 5.73 Å². The molecule has 0 aliphatic rings. The lowest BCUT2D eigenvalue weighted by molar-refractivity contribution is 0.00990. The topological polar surface area (TPSA) is 35.2 Å². The summed E-state index contributed by atoms with van der Waals surface area (Å²) in [4.78, 5) is 0.238. The molecule has 0 fully saturated rings. The van der Waals surface area contributed by atoms with Crippen LogP contribution in [0.3, 0.4) is 0 Å². The van der Waals surface area contributed by atoms with Crippen LogP contribution in [-0.2, 0) is 11.3 Å². The molecule has 0 aromatic heterocycles. The zero-order chi connectivity index (χ0) is 12.1. The monoisotopic (exact) mass is 265 g/mol. The lowest BCUT2D eigenvalue weighted by Gasteiger charge is -2.07. The number of thiocarbonyl (C=S) groups is 1. The quantitative estimate of drug-likeness (QED) is 0.832. The first-order chi connectivity index (χ1) is 7.50. The van der Waals surface area contributed by atoms with Crippen molar-refractivity contribution < 1.29 is 13.5 Å². The maximum atomic E-state index is 11.8. The van der Waals surface area contributed by atoms with Gasteiger partial charge in [-0.05, 0) is 11.6 Å². The van der Waals surface area contributed by atoms with Gasteiger partial charge in [-0.1, -0.05) is 36.0 Å². The number of benzene rings is 1. The smallest absolute Gasteiger partial charge is 0.261 e. The van der Waals surface area contributed by atoms with Gasteiger partial charge in [-0.25, -0.2) is 8.78 Å². The molecule has 88 valence electrons. The molecule has 2 N–H and O–H groups in total. The zero-order valence-electron chi connectivity index (χ0n) is 8.25. The summed E-state index contributed by atoms with van der Waals surface area (Å²) < 4.78 is 28.4. The molecular weight excluding hydrogens is 256 g/mol. The molecule has 1 aromatic rings. The van der Waals surface area contributed by atoms with E-state index in [-0.39, 0.29) is 11.6 Å². The van der Waals surface area contributed by atoms with Gasteiger partial charge in [-0.2, -0.15) is 0 Å². The Kier molecular flexibility index (Phi) is 5.05. The summed E-state index contributed by atoms with van der Waals surface area (Å²) in [7, 11) is 0. The molecule has 0 saturated carbocycles. The van der Waals surface area contributed by atoms with E-state index in [0.29, 0.717) is 16.1 Å². The Morgan fingerprint density at radius 2 is 2.19 bits per heavy atom. The Balaban J connectivity index is 2.64. The number of hydrogen-bond donors (Lipinski definition) is 1. The maximum Gasteiger partial charge on any atom is 0.261 e. The van der Waals surface area contributed by atoms with Crippen molar-refractivity contribution in [2.24, 2.45) is 5.73 Å². The molecule has 0 aliphatic heterocycles. The van der Waals surface area contributed by atoms with Gasteiger partial charge in [0.25, 0.3) is 6.43 Å². The van der Waals surface area contributed by atoms with Crippen molar-refractivity contribution in [3.63, 3.8) is 0 Å². The van der Waals surface area contributed by atoms with Crippen LogP contribution in [0.25, 0.3) is 0 Å². The first-order valence-corrected chi connectivity index (χ1v) is 5.23. The van der Waals surface area contributed by atoms with Crippen LogP contribution in [0.4, 0.5) is 8.78 Å². The van der Waals surface area contributed by atoms with E-state index in [1.165, 1.54) is 0 Å². The molecule has 16 heavy (non-hydrogen) atoms. The molecule has 6 heteroatoms. The summed E-state index contributed by atoms with van der Waals surface area (Å²) in [6.45, 7) is -0.561. The van der Waals surface area contributed by atoms with E-state index in [1.807, 2.05) is 0 Å². The van der Waals surface area contributed by atoms with Crippen LogP contribution in [0.5, 0.6) is 0 Å². The maximum absolute atomic E-state index is 11.8. The van der Waals surface area contributed by atoms with Gasteiger partial charge in [-0.3, -0.25) is 0 Å². The van der Waals surface area contributed by atoms with Crippen molar-refractivity contribution in [3.8, 4) is 0 Å². The molecule has 2 nitrogen and oxygen atoms in total. The van der Waals surface area contributed by atoms with Crippen LogP contribution in [0.1, 0.15) is 11.1 Å². The number of hydrogen-bond acceptors (Lipinski definition) is 2. The molecule has 0 saturated heterocycles. The van der Waals surface area contributed by atoms with Gasteiger partial charge in [0.05, 0.1) is 6.61 Å². The second-order valence-electron chi connectivity index (χ2n) is 3.08. The largest absolute Gasteiger partial charge is 0.389 e. The van der Waals surface area contributed by atoms with Gasteiger partial charge in [0, 0.05) is 10.6 Å². The highest BCUT2D eigenvalue weighted by Gasteiger charge is 2.06. The Labute approximate surface area is 102 Å². The van der Waals surface area contributed by atoms with Crippen molar-refractivity contribution in [3.05, 3.63) is 34.3 Å². The van der Waals surface area contributed by atoms with Crippen LogP contribution in [0, 0.1) is 0 Å². The SMILES string of the molecule is NC(=S)c1ccc(COCC(F)F)c(Cl)c1. The second-order valence-corrected chi connectivity index (χ2v) is 3.92. The normalized spacial score (nSPS) is 10.8. The third-order valence-corrected chi connectivity index (χ3v) is 2.43. The van der Waals surface area contributed by atoms with Crippen LogP contribution in [-0.4, -0.2) is 18.0 Å². The average molecular weight is 266 g/mol. The van der Waals surface area contributed by atoms with Crippen LogP contribution in [0.15, 0.2) is 18.2 Å². The summed E-state index contributed by atoms with van der Waals surface area (Å²) in [6, 6.07) is 4.92. The number of nitrogens with two attached hydrogens (primary N) is 1. The Morgan fingerprint density at radius 1 is 1.50 bits per heavy atom. The highest BCUT2D eigenvalue weighted by molar-refractivity contribution is 7.80. The third-order valence-electron chi connectivity index (χ3n) is 1.84. The van der Waals surface area contributed by atoms with E-state index in [9.17, 15) is 8.78 Å². The van der Waals surface area contributed by atoms with Crippen molar-refractivity contribution in [1.29, 1.82) is 0 Å². The second kappa shape index (κ2) is 6.08. The summed E-state index contributed by atoms with van der Waals surface area (Å²) >= 11 is 10.7. The predicted octanol–water partition coefficient (Wildman–Crippen LogP) is 2.76. The standard InChI is InChI=1S/C10H10ClF2NOS/c11-8-3-6(10(14)16)1-2-7(8)4-15-5-9(12)13/h1-3,9H,4-5H2,(H2,14,16). The minimum Gasteiger partial charge on any atom is -0.389 e. The number of ether oxygens (including phenoxy) is 1. The number of rotatable bonds is 5. The van der Waals surface area contributed by atoms with Gasteiger partial charge in [-0.15, -0.1) is 0 Å². The first kappa shape index (κ1) is 13.3. The van der Waals surface area contributed by atoms with Gasteiger partial charge in [0.15, 0.2) is 0 Å². The van der Waals surface area contributed by atoms with Crippen LogP contribution in [0.2, 0.25) is 5.02 Å². The lowest BCUT2D eigenvalue weighted by atomic mass is 10.1. The zero-order valence-corrected chi connectivity index (χ0v) is 9.82. The van der Waals surface area contributed by atoms with Gasteiger partial charge >= 0.3 is 0 Å². The molecule has 0 spiro atoms. The summed E-state index contributed by atoms with van der Waals surface area (Å²) in [5, 5.41) is 0.402. The van der Waals surface area contributed by atoms with Gasteiger partial charge < -0.3 is 10.5 Å². The Morgan fingerprint density at radius 3 is 2.69 bits per heavy atom. The summed E-state index contributed by atoms with van der Waals surface area (Å²) in [5.41, 5.74) is 6.68. The molecule has 0 bridgehead atoms. The van der Waals surface area contributed by atoms with Crippen LogP contribution >= 0.6 is 23.8 Å². The van der Waals surface area contributed by atoms with E-state index in [1.54, 1.807) is 18.2 Å². The highest BCUT2D eigenvalue weighted by atomic mass is 35.5. The molecule has 0 atom stereocenters. The molecule has 0 unspecified atom stereocenters. The first-order valence-electron chi connectivity index (χ1n) is 4.45. The summed E-state index contributed by atoms with van der Waals surface area (Å²) in [5.74, 6) is 0. The average Bonchev–Trinajstić information content (AvgIpc) is 2.19. The molecule has 0 radical (unpaired) electrons. The van der Waals surface area contributed by atoms with Crippen molar-refractivity contribution in [2.75, 3.05) is 6.61 Å². The molecule has 0 heterocycles. The van der Waals surface area contributed by atoms with E-state index >= 15 is 0 Å². The molecule has 0 aliphatic carbocycles. The van der Waals surface area contributed by atoms with Crippen molar-refractivity contribution in [2.45, 2.75) is 13.0 Å². The fourth-order valence-corrected chi connectivity index (χ4v) is 1.44. The minimum absolute atomic E-state index is 0.0424.